The molecule has 0 spiro atoms. The highest BCUT2D eigenvalue weighted by atomic mass is 35.5. The second-order valence-electron chi connectivity index (χ2n) is 4.76. The molecule has 2 atom stereocenters. The maximum Gasteiger partial charge on any atom is 0.0861 e. The first-order valence-electron chi connectivity index (χ1n) is 6.12. The third kappa shape index (κ3) is 2.96. The number of hydrogen-bond donors (Lipinski definition) is 0. The summed E-state index contributed by atoms with van der Waals surface area (Å²) in [6.07, 6.45) is 3.46. The normalized spacial score (nSPS) is 22.5. The Bertz CT molecular complexity index is 397. The van der Waals surface area contributed by atoms with Gasteiger partial charge in [0.15, 0.2) is 0 Å². The zero-order chi connectivity index (χ0) is 12.4. The predicted molar refractivity (Wildman–Crippen MR) is 73.1 cm³/mol. The number of rotatable bonds is 2. The second kappa shape index (κ2) is 5.60. The third-order valence-corrected chi connectivity index (χ3v) is 4.29. The maximum absolute atomic E-state index is 6.51. The fourth-order valence-corrected chi connectivity index (χ4v) is 2.98. The lowest BCUT2D eigenvalue weighted by molar-refractivity contribution is 0.0136. The van der Waals surface area contributed by atoms with Crippen LogP contribution in [0.3, 0.4) is 0 Å². The highest BCUT2D eigenvalue weighted by molar-refractivity contribution is 6.33. The summed E-state index contributed by atoms with van der Waals surface area (Å²) in [6.45, 7) is 4.96. The minimum atomic E-state index is -0.137. The monoisotopic (exact) mass is 272 g/mol. The minimum Gasteiger partial charge on any atom is -0.376 e. The average molecular weight is 273 g/mol. The van der Waals surface area contributed by atoms with Crippen molar-refractivity contribution >= 4 is 23.2 Å². The summed E-state index contributed by atoms with van der Waals surface area (Å²) in [5.74, 6) is 0. The van der Waals surface area contributed by atoms with Crippen molar-refractivity contribution in [1.82, 2.24) is 0 Å². The Balaban J connectivity index is 2.23. The molecule has 1 saturated heterocycles. The summed E-state index contributed by atoms with van der Waals surface area (Å²) in [7, 11) is 0. The van der Waals surface area contributed by atoms with Crippen LogP contribution in [-0.4, -0.2) is 12.7 Å². The van der Waals surface area contributed by atoms with Gasteiger partial charge in [0, 0.05) is 11.6 Å². The Hall–Kier alpha value is -0.240. The van der Waals surface area contributed by atoms with Gasteiger partial charge in [0.1, 0.15) is 0 Å². The summed E-state index contributed by atoms with van der Waals surface area (Å²) < 4.78 is 5.73. The number of aryl methyl sites for hydroxylation is 2. The molecular weight excluding hydrogens is 255 g/mol. The van der Waals surface area contributed by atoms with Crippen LogP contribution in [0.4, 0.5) is 0 Å². The minimum absolute atomic E-state index is 0.102. The number of benzene rings is 1. The van der Waals surface area contributed by atoms with Crippen molar-refractivity contribution in [1.29, 1.82) is 0 Å². The van der Waals surface area contributed by atoms with E-state index >= 15 is 0 Å². The van der Waals surface area contributed by atoms with E-state index < -0.39 is 0 Å². The molecule has 1 aliphatic rings. The number of alkyl halides is 1. The third-order valence-electron chi connectivity index (χ3n) is 3.45. The van der Waals surface area contributed by atoms with Crippen molar-refractivity contribution in [3.05, 3.63) is 33.8 Å². The van der Waals surface area contributed by atoms with Crippen LogP contribution in [0.2, 0.25) is 5.02 Å². The number of halogens is 2. The van der Waals surface area contributed by atoms with E-state index in [2.05, 4.69) is 19.9 Å². The van der Waals surface area contributed by atoms with Crippen LogP contribution < -0.4 is 0 Å². The largest absolute Gasteiger partial charge is 0.376 e. The first-order chi connectivity index (χ1) is 8.09. The van der Waals surface area contributed by atoms with E-state index in [-0.39, 0.29) is 11.5 Å². The fourth-order valence-electron chi connectivity index (χ4n) is 2.21. The van der Waals surface area contributed by atoms with Gasteiger partial charge in [0.2, 0.25) is 0 Å². The molecule has 0 radical (unpaired) electrons. The lowest BCUT2D eigenvalue weighted by Crippen LogP contribution is -2.23. The molecule has 1 aliphatic heterocycles. The van der Waals surface area contributed by atoms with Gasteiger partial charge in [0.05, 0.1) is 11.5 Å². The van der Waals surface area contributed by atoms with E-state index in [1.165, 1.54) is 17.5 Å². The molecule has 1 aromatic carbocycles. The molecule has 1 fully saturated rings. The molecule has 0 amide bonds. The number of ether oxygens (including phenoxy) is 1. The average Bonchev–Trinajstić information content (AvgIpc) is 2.34. The van der Waals surface area contributed by atoms with E-state index in [4.69, 9.17) is 27.9 Å². The molecule has 1 aromatic rings. The highest BCUT2D eigenvalue weighted by Crippen LogP contribution is 2.36. The Morgan fingerprint density at radius 2 is 1.94 bits per heavy atom. The summed E-state index contributed by atoms with van der Waals surface area (Å²) >= 11 is 12.8. The van der Waals surface area contributed by atoms with Gasteiger partial charge in [-0.15, -0.1) is 11.6 Å². The van der Waals surface area contributed by atoms with E-state index in [1.54, 1.807) is 0 Å². The zero-order valence-electron chi connectivity index (χ0n) is 10.3. The van der Waals surface area contributed by atoms with Crippen molar-refractivity contribution in [2.75, 3.05) is 6.61 Å². The molecule has 1 nitrogen and oxygen atoms in total. The van der Waals surface area contributed by atoms with Crippen LogP contribution >= 0.6 is 23.2 Å². The molecule has 0 aromatic heterocycles. The number of hydrogen-bond acceptors (Lipinski definition) is 1. The Labute approximate surface area is 113 Å². The molecular formula is C14H18Cl2O. The Kier molecular flexibility index (Phi) is 4.35. The zero-order valence-corrected chi connectivity index (χ0v) is 11.8. The van der Waals surface area contributed by atoms with E-state index in [1.807, 2.05) is 6.07 Å². The van der Waals surface area contributed by atoms with Gasteiger partial charge in [-0.1, -0.05) is 17.7 Å². The molecule has 94 valence electrons. The van der Waals surface area contributed by atoms with Crippen molar-refractivity contribution in [2.45, 2.75) is 44.6 Å². The van der Waals surface area contributed by atoms with Gasteiger partial charge in [-0.3, -0.25) is 0 Å². The first kappa shape index (κ1) is 13.2. The van der Waals surface area contributed by atoms with Gasteiger partial charge in [-0.25, -0.2) is 0 Å². The van der Waals surface area contributed by atoms with E-state index in [9.17, 15) is 0 Å². The standard InChI is InChI=1S/C14H18Cl2O/c1-9-7-11(12(15)8-10(9)2)14(16)13-5-3-4-6-17-13/h7-8,13-14H,3-6H2,1-2H3. The molecule has 1 heterocycles. The fraction of sp³-hybridized carbons (Fsp3) is 0.571. The molecule has 3 heteroatoms. The van der Waals surface area contributed by atoms with Gasteiger partial charge in [-0.2, -0.15) is 0 Å². The lowest BCUT2D eigenvalue weighted by atomic mass is 9.98. The molecule has 0 bridgehead atoms. The van der Waals surface area contributed by atoms with Crippen molar-refractivity contribution in [2.24, 2.45) is 0 Å². The molecule has 2 rings (SSSR count). The van der Waals surface area contributed by atoms with Crippen LogP contribution in [0, 0.1) is 13.8 Å². The molecule has 0 saturated carbocycles. The summed E-state index contributed by atoms with van der Waals surface area (Å²) in [5.41, 5.74) is 3.43. The highest BCUT2D eigenvalue weighted by Gasteiger charge is 2.26. The van der Waals surface area contributed by atoms with Crippen LogP contribution in [0.15, 0.2) is 12.1 Å². The first-order valence-corrected chi connectivity index (χ1v) is 6.93. The smallest absolute Gasteiger partial charge is 0.0861 e. The predicted octanol–water partition coefficient (Wildman–Crippen LogP) is 4.81. The van der Waals surface area contributed by atoms with Gasteiger partial charge < -0.3 is 4.74 Å². The summed E-state index contributed by atoms with van der Waals surface area (Å²) in [6, 6.07) is 4.08. The van der Waals surface area contributed by atoms with Crippen LogP contribution in [0.5, 0.6) is 0 Å². The molecule has 0 aliphatic carbocycles. The van der Waals surface area contributed by atoms with E-state index in [0.717, 1.165) is 30.0 Å². The summed E-state index contributed by atoms with van der Waals surface area (Å²) in [5, 5.41) is 0.615. The molecule has 2 unspecified atom stereocenters. The van der Waals surface area contributed by atoms with Gasteiger partial charge in [0.25, 0.3) is 0 Å². The quantitative estimate of drug-likeness (QED) is 0.703. The van der Waals surface area contributed by atoms with Crippen LogP contribution in [0.25, 0.3) is 0 Å². The molecule has 0 N–H and O–H groups in total. The summed E-state index contributed by atoms with van der Waals surface area (Å²) in [4.78, 5) is 0. The SMILES string of the molecule is Cc1cc(Cl)c(C(Cl)C2CCCCO2)cc1C. The van der Waals surface area contributed by atoms with Gasteiger partial charge in [-0.05, 0) is 55.9 Å². The van der Waals surface area contributed by atoms with Gasteiger partial charge >= 0.3 is 0 Å². The van der Waals surface area contributed by atoms with Crippen molar-refractivity contribution in [3.8, 4) is 0 Å². The Morgan fingerprint density at radius 1 is 1.24 bits per heavy atom. The maximum atomic E-state index is 6.51. The van der Waals surface area contributed by atoms with Crippen LogP contribution in [0.1, 0.15) is 41.3 Å². The Morgan fingerprint density at radius 3 is 2.59 bits per heavy atom. The topological polar surface area (TPSA) is 9.23 Å². The van der Waals surface area contributed by atoms with E-state index in [0.29, 0.717) is 0 Å². The lowest BCUT2D eigenvalue weighted by Gasteiger charge is -2.27. The second-order valence-corrected chi connectivity index (χ2v) is 5.64. The van der Waals surface area contributed by atoms with Crippen molar-refractivity contribution in [3.63, 3.8) is 0 Å². The molecule has 17 heavy (non-hydrogen) atoms. The van der Waals surface area contributed by atoms with Crippen LogP contribution in [-0.2, 0) is 4.74 Å². The van der Waals surface area contributed by atoms with Crippen molar-refractivity contribution < 1.29 is 4.74 Å².